The lowest BCUT2D eigenvalue weighted by Crippen LogP contribution is -2.37. The first-order valence-electron chi connectivity index (χ1n) is 7.01. The molecule has 1 atom stereocenters. The lowest BCUT2D eigenvalue weighted by molar-refractivity contribution is -0.138. The van der Waals surface area contributed by atoms with Gasteiger partial charge in [0.1, 0.15) is 0 Å². The van der Waals surface area contributed by atoms with Crippen LogP contribution in [0.4, 0.5) is 8.78 Å². The summed E-state index contributed by atoms with van der Waals surface area (Å²) < 4.78 is 29.3. The number of amides is 2. The molecule has 0 aliphatic carbocycles. The molecule has 118 valence electrons. The van der Waals surface area contributed by atoms with Crippen molar-refractivity contribution >= 4 is 11.8 Å². The van der Waals surface area contributed by atoms with Crippen molar-refractivity contribution in [2.45, 2.75) is 12.7 Å². The number of carbonyl (C=O) groups is 2. The van der Waals surface area contributed by atoms with E-state index in [1.54, 1.807) is 54.6 Å². The summed E-state index contributed by atoms with van der Waals surface area (Å²) in [5.41, 5.74) is 1.11. The van der Waals surface area contributed by atoms with Crippen LogP contribution < -0.4 is 0 Å². The summed E-state index contributed by atoms with van der Waals surface area (Å²) in [5.74, 6) is -1.00. The van der Waals surface area contributed by atoms with Gasteiger partial charge in [0.15, 0.2) is 0 Å². The molecule has 1 heterocycles. The van der Waals surface area contributed by atoms with E-state index >= 15 is 0 Å². The summed E-state index contributed by atoms with van der Waals surface area (Å²) in [7, 11) is 0. The maximum atomic E-state index is 12.5. The van der Waals surface area contributed by atoms with Gasteiger partial charge in [-0.3, -0.25) is 14.5 Å². The van der Waals surface area contributed by atoms with Crippen LogP contribution >= 0.6 is 0 Å². The van der Waals surface area contributed by atoms with Crippen molar-refractivity contribution in [2.75, 3.05) is 6.61 Å². The Hall–Kier alpha value is -2.60. The number of alkyl halides is 2. The van der Waals surface area contributed by atoms with Crippen LogP contribution in [-0.2, 0) is 4.74 Å². The van der Waals surface area contributed by atoms with Crippen molar-refractivity contribution < 1.29 is 23.1 Å². The number of nitrogens with zero attached hydrogens (tertiary/aromatic N) is 1. The Kier molecular flexibility index (Phi) is 4.16. The number of benzene rings is 2. The number of hydrogen-bond donors (Lipinski definition) is 0. The molecule has 0 spiro atoms. The molecule has 0 saturated heterocycles. The van der Waals surface area contributed by atoms with E-state index in [4.69, 9.17) is 0 Å². The molecule has 23 heavy (non-hydrogen) atoms. The largest absolute Gasteiger partial charge is 0.345 e. The molecule has 0 saturated carbocycles. The lowest BCUT2D eigenvalue weighted by atomic mass is 10.1. The molecule has 4 nitrogen and oxygen atoms in total. The fraction of sp³-hybridized carbons (Fsp3) is 0.176. The Balaban J connectivity index is 1.98. The minimum Gasteiger partial charge on any atom is -0.320 e. The van der Waals surface area contributed by atoms with Crippen LogP contribution in [-0.4, -0.2) is 29.9 Å². The quantitative estimate of drug-likeness (QED) is 0.795. The zero-order chi connectivity index (χ0) is 16.4. The molecule has 1 aliphatic rings. The number of halogens is 2. The molecule has 2 amide bonds. The summed E-state index contributed by atoms with van der Waals surface area (Å²) in [6, 6.07) is 14.0. The van der Waals surface area contributed by atoms with E-state index in [0.717, 1.165) is 4.90 Å². The molecule has 0 bridgehead atoms. The zero-order valence-corrected chi connectivity index (χ0v) is 12.0. The van der Waals surface area contributed by atoms with Crippen molar-refractivity contribution in [3.63, 3.8) is 0 Å². The van der Waals surface area contributed by atoms with Crippen LogP contribution in [0.1, 0.15) is 32.3 Å². The van der Waals surface area contributed by atoms with Gasteiger partial charge < -0.3 is 4.74 Å². The molecule has 0 aromatic heterocycles. The van der Waals surface area contributed by atoms with E-state index in [1.165, 1.54) is 0 Å². The zero-order valence-electron chi connectivity index (χ0n) is 12.0. The molecule has 0 N–H and O–H groups in total. The normalized spacial score (nSPS) is 15.2. The number of rotatable bonds is 5. The minimum absolute atomic E-state index is 0.274. The smallest absolute Gasteiger partial charge is 0.320 e. The molecular weight excluding hydrogens is 304 g/mol. The Morgan fingerprint density at radius 1 is 0.870 bits per heavy atom. The SMILES string of the molecule is O=C1c2ccccc2C(=O)N1C(COC(F)F)c1ccccc1. The molecule has 2 aromatic carbocycles. The molecule has 6 heteroatoms. The van der Waals surface area contributed by atoms with E-state index in [9.17, 15) is 18.4 Å². The third-order valence-electron chi connectivity index (χ3n) is 3.70. The van der Waals surface area contributed by atoms with Gasteiger partial charge in [-0.2, -0.15) is 8.78 Å². The van der Waals surface area contributed by atoms with Gasteiger partial charge in [0.05, 0.1) is 23.8 Å². The molecule has 2 aromatic rings. The summed E-state index contributed by atoms with van der Waals surface area (Å²) in [4.78, 5) is 26.0. The lowest BCUT2D eigenvalue weighted by Gasteiger charge is -2.26. The molecular formula is C17H13F2NO3. The Morgan fingerprint density at radius 3 is 1.91 bits per heavy atom. The Labute approximate surface area is 131 Å². The van der Waals surface area contributed by atoms with Gasteiger partial charge in [0.25, 0.3) is 11.8 Å². The first kappa shape index (κ1) is 15.3. The fourth-order valence-corrected chi connectivity index (χ4v) is 2.65. The maximum absolute atomic E-state index is 12.5. The number of carbonyl (C=O) groups excluding carboxylic acids is 2. The van der Waals surface area contributed by atoms with Crippen molar-refractivity contribution in [3.05, 3.63) is 71.3 Å². The monoisotopic (exact) mass is 317 g/mol. The van der Waals surface area contributed by atoms with Crippen LogP contribution in [0.25, 0.3) is 0 Å². The fourth-order valence-electron chi connectivity index (χ4n) is 2.65. The number of hydrogen-bond acceptors (Lipinski definition) is 3. The third-order valence-corrected chi connectivity index (χ3v) is 3.70. The average molecular weight is 317 g/mol. The predicted octanol–water partition coefficient (Wildman–Crippen LogP) is 3.26. The molecule has 1 aliphatic heterocycles. The highest BCUT2D eigenvalue weighted by atomic mass is 19.3. The van der Waals surface area contributed by atoms with Gasteiger partial charge in [0.2, 0.25) is 0 Å². The minimum atomic E-state index is -2.98. The van der Waals surface area contributed by atoms with E-state index in [-0.39, 0.29) is 11.1 Å². The Bertz CT molecular complexity index is 699. The highest BCUT2D eigenvalue weighted by Crippen LogP contribution is 2.31. The highest BCUT2D eigenvalue weighted by Gasteiger charge is 2.40. The van der Waals surface area contributed by atoms with Gasteiger partial charge >= 0.3 is 6.61 Å². The third kappa shape index (κ3) is 2.85. The topological polar surface area (TPSA) is 46.6 Å². The average Bonchev–Trinajstić information content (AvgIpc) is 2.81. The molecule has 0 fully saturated rings. The first-order valence-corrected chi connectivity index (χ1v) is 7.01. The van der Waals surface area contributed by atoms with E-state index in [1.807, 2.05) is 0 Å². The number of imide groups is 1. The molecule has 3 rings (SSSR count). The van der Waals surface area contributed by atoms with Crippen molar-refractivity contribution in [3.8, 4) is 0 Å². The maximum Gasteiger partial charge on any atom is 0.345 e. The standard InChI is InChI=1S/C17H13F2NO3/c18-17(19)23-10-14(11-6-2-1-3-7-11)20-15(21)12-8-4-5-9-13(12)16(20)22/h1-9,14,17H,10H2. The van der Waals surface area contributed by atoms with Gasteiger partial charge in [-0.25, -0.2) is 0 Å². The number of fused-ring (bicyclic) bond motifs is 1. The van der Waals surface area contributed by atoms with Crippen LogP contribution in [0.2, 0.25) is 0 Å². The van der Waals surface area contributed by atoms with Crippen molar-refractivity contribution in [1.82, 2.24) is 4.90 Å². The Morgan fingerprint density at radius 2 is 1.39 bits per heavy atom. The summed E-state index contributed by atoms with van der Waals surface area (Å²) in [6.07, 6.45) is 0. The number of ether oxygens (including phenoxy) is 1. The van der Waals surface area contributed by atoms with Crippen LogP contribution in [0.5, 0.6) is 0 Å². The van der Waals surface area contributed by atoms with Crippen LogP contribution in [0, 0.1) is 0 Å². The second-order valence-electron chi connectivity index (χ2n) is 5.05. The van der Waals surface area contributed by atoms with Gasteiger partial charge in [-0.1, -0.05) is 42.5 Å². The van der Waals surface area contributed by atoms with E-state index in [2.05, 4.69) is 4.74 Å². The van der Waals surface area contributed by atoms with Gasteiger partial charge in [-0.15, -0.1) is 0 Å². The second-order valence-corrected chi connectivity index (χ2v) is 5.05. The highest BCUT2D eigenvalue weighted by molar-refractivity contribution is 6.21. The summed E-state index contributed by atoms with van der Waals surface area (Å²) in [5, 5.41) is 0. The van der Waals surface area contributed by atoms with Crippen LogP contribution in [0.15, 0.2) is 54.6 Å². The van der Waals surface area contributed by atoms with Crippen LogP contribution in [0.3, 0.4) is 0 Å². The second kappa shape index (κ2) is 6.26. The predicted molar refractivity (Wildman–Crippen MR) is 78.1 cm³/mol. The molecule has 0 radical (unpaired) electrons. The van der Waals surface area contributed by atoms with Gasteiger partial charge in [-0.05, 0) is 17.7 Å². The van der Waals surface area contributed by atoms with E-state index < -0.39 is 31.1 Å². The van der Waals surface area contributed by atoms with Crippen molar-refractivity contribution in [1.29, 1.82) is 0 Å². The summed E-state index contributed by atoms with van der Waals surface area (Å²) in [6.45, 7) is -3.44. The van der Waals surface area contributed by atoms with Crippen molar-refractivity contribution in [2.24, 2.45) is 0 Å². The first-order chi connectivity index (χ1) is 11.1. The van der Waals surface area contributed by atoms with E-state index in [0.29, 0.717) is 5.56 Å². The summed E-state index contributed by atoms with van der Waals surface area (Å²) >= 11 is 0. The van der Waals surface area contributed by atoms with Gasteiger partial charge in [0, 0.05) is 0 Å². The molecule has 1 unspecified atom stereocenters.